The Bertz CT molecular complexity index is 1220. The third-order valence-electron chi connectivity index (χ3n) is 5.17. The Kier molecular flexibility index (Phi) is 7.26. The molecule has 2 aromatic carbocycles. The molecule has 1 heterocycles. The average Bonchev–Trinajstić information content (AvgIpc) is 3.25. The van der Waals surface area contributed by atoms with Gasteiger partial charge in [0.1, 0.15) is 0 Å². The van der Waals surface area contributed by atoms with Gasteiger partial charge in [0.25, 0.3) is 0 Å². The topological polar surface area (TPSA) is 83.1 Å². The number of H-pyrrole nitrogens is 1. The lowest BCUT2D eigenvalue weighted by Gasteiger charge is -2.24. The quantitative estimate of drug-likeness (QED) is 0.415. The van der Waals surface area contributed by atoms with E-state index in [1.54, 1.807) is 24.3 Å². The first kappa shape index (κ1) is 24.5. The van der Waals surface area contributed by atoms with Gasteiger partial charge in [0.05, 0.1) is 35.4 Å². The summed E-state index contributed by atoms with van der Waals surface area (Å²) in [6.07, 6.45) is -1.99. The zero-order valence-corrected chi connectivity index (χ0v) is 19.0. The summed E-state index contributed by atoms with van der Waals surface area (Å²) in [5.74, 6) is -0.255. The lowest BCUT2D eigenvalue weighted by Crippen LogP contribution is -2.32. The van der Waals surface area contributed by atoms with Crippen molar-refractivity contribution >= 4 is 21.5 Å². The first-order chi connectivity index (χ1) is 15.6. The van der Waals surface area contributed by atoms with Crippen LogP contribution in [0.3, 0.4) is 0 Å². The Labute approximate surface area is 190 Å². The fourth-order valence-electron chi connectivity index (χ4n) is 3.37. The van der Waals surface area contributed by atoms with Crippen LogP contribution in [0.4, 0.5) is 18.9 Å². The zero-order chi connectivity index (χ0) is 24.2. The normalized spacial score (nSPS) is 12.0. The van der Waals surface area contributed by atoms with Gasteiger partial charge in [0, 0.05) is 17.5 Å². The van der Waals surface area contributed by atoms with E-state index in [2.05, 4.69) is 10.2 Å². The fraction of sp³-hybridized carbons (Fsp3) is 0.304. The molecule has 0 aliphatic carbocycles. The summed E-state index contributed by atoms with van der Waals surface area (Å²) >= 11 is 0. The van der Waals surface area contributed by atoms with Crippen molar-refractivity contribution in [3.8, 4) is 11.3 Å². The van der Waals surface area contributed by atoms with Gasteiger partial charge in [-0.15, -0.1) is 0 Å². The molecule has 0 aliphatic heterocycles. The number of alkyl halides is 3. The van der Waals surface area contributed by atoms with E-state index < -0.39 is 21.8 Å². The number of hydrogen-bond acceptors (Lipinski definition) is 4. The first-order valence-electron chi connectivity index (χ1n) is 10.4. The summed E-state index contributed by atoms with van der Waals surface area (Å²) in [5.41, 5.74) is 1.31. The van der Waals surface area contributed by atoms with Crippen LogP contribution in [0.1, 0.15) is 48.2 Å². The van der Waals surface area contributed by atoms with E-state index in [9.17, 15) is 26.4 Å². The average molecular weight is 480 g/mol. The van der Waals surface area contributed by atoms with Gasteiger partial charge in [-0.3, -0.25) is 14.2 Å². The van der Waals surface area contributed by atoms with Gasteiger partial charge in [0.2, 0.25) is 10.0 Å². The molecule has 0 amide bonds. The highest BCUT2D eigenvalue weighted by molar-refractivity contribution is 7.92. The predicted octanol–water partition coefficient (Wildman–Crippen LogP) is 5.43. The molecule has 0 aliphatic rings. The molecule has 3 aromatic rings. The molecule has 3 rings (SSSR count). The highest BCUT2D eigenvalue weighted by Gasteiger charge is 2.30. The van der Waals surface area contributed by atoms with Gasteiger partial charge in [-0.05, 0) is 43.2 Å². The number of benzene rings is 2. The smallest absolute Gasteiger partial charge is 0.294 e. The minimum atomic E-state index is -4.46. The van der Waals surface area contributed by atoms with E-state index in [4.69, 9.17) is 0 Å². The Morgan fingerprint density at radius 1 is 1.09 bits per heavy atom. The monoisotopic (exact) mass is 479 g/mol. The van der Waals surface area contributed by atoms with Gasteiger partial charge >= 0.3 is 6.18 Å². The maximum Gasteiger partial charge on any atom is 0.416 e. The van der Waals surface area contributed by atoms with Crippen molar-refractivity contribution in [1.29, 1.82) is 0 Å². The molecule has 176 valence electrons. The molecular weight excluding hydrogens is 455 g/mol. The summed E-state index contributed by atoms with van der Waals surface area (Å²) in [4.78, 5) is 12.3. The third kappa shape index (κ3) is 5.62. The number of Topliss-reactive ketones (excluding diaryl/α,β-unsaturated/α-hetero) is 1. The number of nitrogens with zero attached hydrogens (tertiary/aromatic N) is 2. The summed E-state index contributed by atoms with van der Waals surface area (Å²) in [6.45, 7) is 3.30. The Morgan fingerprint density at radius 2 is 1.79 bits per heavy atom. The standard InChI is InChI=1S/C23H24F3N3O3S/c1-3-6-21(30)17-7-5-8-20(13-17)29(33(31,32)4-2)15-18-14-27-28-22(18)16-9-11-19(12-10-16)23(24,25)26/h5,7-14H,3-4,6,15H2,1-2H3,(H,27,28). The molecule has 6 nitrogen and oxygen atoms in total. The van der Waals surface area contributed by atoms with E-state index in [0.29, 0.717) is 40.9 Å². The molecule has 0 atom stereocenters. The van der Waals surface area contributed by atoms with Crippen molar-refractivity contribution in [2.45, 2.75) is 39.4 Å². The van der Waals surface area contributed by atoms with Crippen molar-refractivity contribution in [3.63, 3.8) is 0 Å². The highest BCUT2D eigenvalue weighted by Crippen LogP contribution is 2.32. The van der Waals surface area contributed by atoms with Crippen molar-refractivity contribution in [2.24, 2.45) is 0 Å². The predicted molar refractivity (Wildman–Crippen MR) is 120 cm³/mol. The number of aromatic amines is 1. The van der Waals surface area contributed by atoms with Crippen LogP contribution in [-0.4, -0.2) is 30.2 Å². The van der Waals surface area contributed by atoms with Gasteiger partial charge in [-0.2, -0.15) is 18.3 Å². The number of nitrogens with one attached hydrogen (secondary N) is 1. The fourth-order valence-corrected chi connectivity index (χ4v) is 4.46. The van der Waals surface area contributed by atoms with E-state index in [0.717, 1.165) is 12.1 Å². The van der Waals surface area contributed by atoms with Crippen LogP contribution in [0.15, 0.2) is 54.7 Å². The zero-order valence-electron chi connectivity index (χ0n) is 18.2. The lowest BCUT2D eigenvalue weighted by atomic mass is 10.0. The number of hydrogen-bond donors (Lipinski definition) is 1. The summed E-state index contributed by atoms with van der Waals surface area (Å²) < 4.78 is 65.7. The first-order valence-corrected chi connectivity index (χ1v) is 12.0. The molecule has 0 fully saturated rings. The van der Waals surface area contributed by atoms with E-state index in [-0.39, 0.29) is 18.1 Å². The number of anilines is 1. The highest BCUT2D eigenvalue weighted by atomic mass is 32.2. The van der Waals surface area contributed by atoms with Gasteiger partial charge in [-0.25, -0.2) is 8.42 Å². The molecule has 33 heavy (non-hydrogen) atoms. The van der Waals surface area contributed by atoms with Gasteiger partial charge in [-0.1, -0.05) is 31.2 Å². The van der Waals surface area contributed by atoms with Crippen molar-refractivity contribution < 1.29 is 26.4 Å². The molecule has 0 saturated carbocycles. The number of aromatic nitrogens is 2. The number of carbonyl (C=O) groups is 1. The number of halogens is 3. The molecule has 0 spiro atoms. The minimum absolute atomic E-state index is 0.0815. The Balaban J connectivity index is 1.98. The SMILES string of the molecule is CCCC(=O)c1cccc(N(Cc2cn[nH]c2-c2ccc(C(F)(F)F)cc2)S(=O)(=O)CC)c1. The second-order valence-electron chi connectivity index (χ2n) is 7.48. The molecule has 10 heteroatoms. The van der Waals surface area contributed by atoms with Crippen LogP contribution < -0.4 is 4.31 Å². The van der Waals surface area contributed by atoms with E-state index in [1.165, 1.54) is 29.6 Å². The van der Waals surface area contributed by atoms with Crippen LogP contribution in [-0.2, 0) is 22.7 Å². The molecular formula is C23H24F3N3O3S. The molecule has 0 bridgehead atoms. The number of ketones is 1. The summed E-state index contributed by atoms with van der Waals surface area (Å²) in [7, 11) is -3.74. The molecule has 1 N–H and O–H groups in total. The second-order valence-corrected chi connectivity index (χ2v) is 9.66. The maximum absolute atomic E-state index is 12.9. The van der Waals surface area contributed by atoms with Gasteiger partial charge in [0.15, 0.2) is 5.78 Å². The van der Waals surface area contributed by atoms with Crippen LogP contribution in [0.5, 0.6) is 0 Å². The largest absolute Gasteiger partial charge is 0.416 e. The lowest BCUT2D eigenvalue weighted by molar-refractivity contribution is -0.137. The summed E-state index contributed by atoms with van der Waals surface area (Å²) in [6, 6.07) is 11.0. The van der Waals surface area contributed by atoms with Crippen LogP contribution in [0.25, 0.3) is 11.3 Å². The van der Waals surface area contributed by atoms with Crippen molar-refractivity contribution in [1.82, 2.24) is 10.2 Å². The molecule has 0 radical (unpaired) electrons. The van der Waals surface area contributed by atoms with Crippen LogP contribution in [0.2, 0.25) is 0 Å². The van der Waals surface area contributed by atoms with Crippen LogP contribution in [0, 0.1) is 0 Å². The molecule has 0 saturated heterocycles. The van der Waals surface area contributed by atoms with Crippen molar-refractivity contribution in [3.05, 3.63) is 71.4 Å². The molecule has 0 unspecified atom stereocenters. The Hall–Kier alpha value is -3.14. The molecule has 1 aromatic heterocycles. The van der Waals surface area contributed by atoms with Crippen LogP contribution >= 0.6 is 0 Å². The number of carbonyl (C=O) groups excluding carboxylic acids is 1. The third-order valence-corrected chi connectivity index (χ3v) is 6.91. The maximum atomic E-state index is 12.9. The van der Waals surface area contributed by atoms with Crippen molar-refractivity contribution in [2.75, 3.05) is 10.1 Å². The second kappa shape index (κ2) is 9.78. The Morgan fingerprint density at radius 3 is 2.39 bits per heavy atom. The number of rotatable bonds is 9. The summed E-state index contributed by atoms with van der Waals surface area (Å²) in [5, 5.41) is 6.72. The van der Waals surface area contributed by atoms with Gasteiger partial charge < -0.3 is 0 Å². The van der Waals surface area contributed by atoms with E-state index >= 15 is 0 Å². The van der Waals surface area contributed by atoms with E-state index in [1.807, 2.05) is 6.92 Å². The number of sulfonamides is 1. The minimum Gasteiger partial charge on any atom is -0.294 e.